The average molecular weight is 455 g/mol. The molecule has 0 spiro atoms. The van der Waals surface area contributed by atoms with Crippen LogP contribution in [-0.4, -0.2) is 33.2 Å². The van der Waals surface area contributed by atoms with E-state index in [1.54, 1.807) is 13.3 Å². The van der Waals surface area contributed by atoms with Crippen LogP contribution in [0.4, 0.5) is 0 Å². The number of carbonyl (C=O) groups is 2. The molecule has 172 valence electrons. The molecule has 1 unspecified atom stereocenters. The monoisotopic (exact) mass is 454 g/mol. The van der Waals surface area contributed by atoms with E-state index >= 15 is 0 Å². The second-order valence-corrected chi connectivity index (χ2v) is 7.93. The van der Waals surface area contributed by atoms with Crippen LogP contribution in [0.2, 0.25) is 0 Å². The van der Waals surface area contributed by atoms with E-state index in [1.165, 1.54) is 0 Å². The highest BCUT2D eigenvalue weighted by Gasteiger charge is 2.39. The van der Waals surface area contributed by atoms with Crippen molar-refractivity contribution in [2.45, 2.75) is 18.9 Å². The molecule has 0 fully saturated rings. The van der Waals surface area contributed by atoms with Crippen molar-refractivity contribution >= 4 is 11.9 Å². The molecule has 0 aliphatic carbocycles. The van der Waals surface area contributed by atoms with Gasteiger partial charge in [0.05, 0.1) is 18.6 Å². The normalized spacial score (nSPS) is 12.1. The van der Waals surface area contributed by atoms with Crippen molar-refractivity contribution in [2.75, 3.05) is 6.61 Å². The summed E-state index contributed by atoms with van der Waals surface area (Å²) in [6.07, 6.45) is 3.46. The number of aromatic nitrogens is 2. The van der Waals surface area contributed by atoms with Crippen LogP contribution in [0.25, 0.3) is 0 Å². The SMILES string of the molecule is CCOC(=O)C(Cc1cn(C(c2ccccc2)(c2ccccc2)c2ccccc2)cn1)C(=O)O. The molecule has 0 amide bonds. The van der Waals surface area contributed by atoms with E-state index in [0.29, 0.717) is 5.69 Å². The molecule has 0 aliphatic heterocycles. The minimum absolute atomic E-state index is 0.0599. The van der Waals surface area contributed by atoms with Crippen LogP contribution in [0.5, 0.6) is 0 Å². The number of carbonyl (C=O) groups excluding carboxylic acids is 1. The van der Waals surface area contributed by atoms with Crippen molar-refractivity contribution in [3.8, 4) is 0 Å². The quantitative estimate of drug-likeness (QED) is 0.228. The predicted octanol–water partition coefficient (Wildman–Crippen LogP) is 4.53. The zero-order valence-corrected chi connectivity index (χ0v) is 18.9. The standard InChI is InChI=1S/C28H26N2O4/c1-2-34-27(33)25(26(31)32)18-24-19-30(20-29-24)28(21-12-6-3-7-13-21,22-14-8-4-9-15-22)23-16-10-5-11-17-23/h3-17,19-20,25H,2,18H2,1H3,(H,31,32). The summed E-state index contributed by atoms with van der Waals surface area (Å²) in [7, 11) is 0. The first-order chi connectivity index (χ1) is 16.6. The highest BCUT2D eigenvalue weighted by molar-refractivity contribution is 5.94. The minimum Gasteiger partial charge on any atom is -0.481 e. The molecule has 0 bridgehead atoms. The number of imidazole rings is 1. The van der Waals surface area contributed by atoms with Gasteiger partial charge in [-0.2, -0.15) is 0 Å². The largest absolute Gasteiger partial charge is 0.481 e. The molecule has 1 N–H and O–H groups in total. The number of hydrogen-bond acceptors (Lipinski definition) is 4. The van der Waals surface area contributed by atoms with Gasteiger partial charge in [-0.15, -0.1) is 0 Å². The second kappa shape index (κ2) is 10.2. The summed E-state index contributed by atoms with van der Waals surface area (Å²) < 4.78 is 6.96. The first kappa shape index (κ1) is 23.0. The summed E-state index contributed by atoms with van der Waals surface area (Å²) in [5, 5.41) is 9.60. The lowest BCUT2D eigenvalue weighted by molar-refractivity contribution is -0.158. The maximum Gasteiger partial charge on any atom is 0.320 e. The van der Waals surface area contributed by atoms with Gasteiger partial charge in [0.2, 0.25) is 0 Å². The molecule has 0 radical (unpaired) electrons. The highest BCUT2D eigenvalue weighted by Crippen LogP contribution is 2.40. The number of nitrogens with zero attached hydrogens (tertiary/aromatic N) is 2. The Labute approximate surface area is 198 Å². The molecule has 0 saturated heterocycles. The molecular formula is C28H26N2O4. The fraction of sp³-hybridized carbons (Fsp3) is 0.179. The summed E-state index contributed by atoms with van der Waals surface area (Å²) in [6.45, 7) is 1.77. The molecule has 0 saturated carbocycles. The first-order valence-electron chi connectivity index (χ1n) is 11.2. The van der Waals surface area contributed by atoms with Gasteiger partial charge in [-0.25, -0.2) is 4.98 Å². The van der Waals surface area contributed by atoms with Crippen LogP contribution in [0, 0.1) is 5.92 Å². The van der Waals surface area contributed by atoms with Crippen LogP contribution >= 0.6 is 0 Å². The fourth-order valence-corrected chi connectivity index (χ4v) is 4.36. The molecule has 4 rings (SSSR count). The third kappa shape index (κ3) is 4.35. The fourth-order valence-electron chi connectivity index (χ4n) is 4.36. The van der Waals surface area contributed by atoms with Crippen LogP contribution in [0.15, 0.2) is 104 Å². The van der Waals surface area contributed by atoms with Crippen LogP contribution in [-0.2, 0) is 26.3 Å². The highest BCUT2D eigenvalue weighted by atomic mass is 16.5. The smallest absolute Gasteiger partial charge is 0.320 e. The number of ether oxygens (including phenoxy) is 1. The molecule has 6 heteroatoms. The van der Waals surface area contributed by atoms with Crippen molar-refractivity contribution in [2.24, 2.45) is 5.92 Å². The molecule has 3 aromatic carbocycles. The van der Waals surface area contributed by atoms with Crippen LogP contribution < -0.4 is 0 Å². The maximum atomic E-state index is 12.2. The van der Waals surface area contributed by atoms with Gasteiger partial charge in [0.1, 0.15) is 5.54 Å². The number of carboxylic acid groups (broad SMARTS) is 1. The lowest BCUT2D eigenvalue weighted by Crippen LogP contribution is -2.37. The van der Waals surface area contributed by atoms with Gasteiger partial charge in [0.25, 0.3) is 0 Å². The summed E-state index contributed by atoms with van der Waals surface area (Å²) in [4.78, 5) is 28.5. The van der Waals surface area contributed by atoms with E-state index in [2.05, 4.69) is 41.4 Å². The topological polar surface area (TPSA) is 81.4 Å². The molecular weight excluding hydrogens is 428 g/mol. The van der Waals surface area contributed by atoms with Crippen molar-refractivity contribution < 1.29 is 19.4 Å². The Morgan fingerprint density at radius 1 is 0.882 bits per heavy atom. The van der Waals surface area contributed by atoms with E-state index in [0.717, 1.165) is 16.7 Å². The van der Waals surface area contributed by atoms with Crippen molar-refractivity contribution in [1.29, 1.82) is 0 Å². The van der Waals surface area contributed by atoms with Gasteiger partial charge in [-0.1, -0.05) is 91.0 Å². The first-order valence-corrected chi connectivity index (χ1v) is 11.2. The van der Waals surface area contributed by atoms with E-state index in [9.17, 15) is 14.7 Å². The Balaban J connectivity index is 1.89. The number of benzene rings is 3. The maximum absolute atomic E-state index is 12.2. The van der Waals surface area contributed by atoms with Crippen LogP contribution in [0.1, 0.15) is 29.3 Å². The zero-order valence-electron chi connectivity index (χ0n) is 18.9. The van der Waals surface area contributed by atoms with E-state index in [-0.39, 0.29) is 13.0 Å². The average Bonchev–Trinajstić information content (AvgIpc) is 3.34. The Bertz CT molecular complexity index is 1140. The van der Waals surface area contributed by atoms with Crippen molar-refractivity contribution in [1.82, 2.24) is 9.55 Å². The molecule has 1 atom stereocenters. The molecule has 1 heterocycles. The number of esters is 1. The molecule has 34 heavy (non-hydrogen) atoms. The van der Waals surface area contributed by atoms with Crippen molar-refractivity contribution in [3.63, 3.8) is 0 Å². The summed E-state index contributed by atoms with van der Waals surface area (Å²) in [5.41, 5.74) is 2.81. The summed E-state index contributed by atoms with van der Waals surface area (Å²) in [5.74, 6) is -3.30. The Kier molecular flexibility index (Phi) is 6.87. The number of hydrogen-bond donors (Lipinski definition) is 1. The lowest BCUT2D eigenvalue weighted by Gasteiger charge is -2.37. The zero-order chi connectivity index (χ0) is 24.0. The summed E-state index contributed by atoms with van der Waals surface area (Å²) >= 11 is 0. The van der Waals surface area contributed by atoms with Gasteiger partial charge in [0, 0.05) is 12.6 Å². The van der Waals surface area contributed by atoms with Crippen molar-refractivity contribution in [3.05, 3.63) is 126 Å². The Hall–Kier alpha value is -4.19. The third-order valence-corrected chi connectivity index (χ3v) is 5.88. The van der Waals surface area contributed by atoms with Crippen LogP contribution in [0.3, 0.4) is 0 Å². The van der Waals surface area contributed by atoms with E-state index in [4.69, 9.17) is 4.74 Å². The Morgan fingerprint density at radius 3 is 1.76 bits per heavy atom. The molecule has 4 aromatic rings. The van der Waals surface area contributed by atoms with Gasteiger partial charge in [0.15, 0.2) is 5.92 Å². The second-order valence-electron chi connectivity index (χ2n) is 7.93. The predicted molar refractivity (Wildman–Crippen MR) is 128 cm³/mol. The number of rotatable bonds is 9. The van der Waals surface area contributed by atoms with Gasteiger partial charge in [-0.05, 0) is 23.6 Å². The number of aliphatic carboxylic acids is 1. The Morgan fingerprint density at radius 2 is 1.35 bits per heavy atom. The molecule has 1 aromatic heterocycles. The third-order valence-electron chi connectivity index (χ3n) is 5.88. The van der Waals surface area contributed by atoms with Gasteiger partial charge >= 0.3 is 11.9 Å². The number of carboxylic acids is 1. The minimum atomic E-state index is -1.32. The molecule has 6 nitrogen and oxygen atoms in total. The summed E-state index contributed by atoms with van der Waals surface area (Å²) in [6, 6.07) is 30.3. The lowest BCUT2D eigenvalue weighted by atomic mass is 9.77. The van der Waals surface area contributed by atoms with Gasteiger partial charge in [-0.3, -0.25) is 9.59 Å². The van der Waals surface area contributed by atoms with Gasteiger partial charge < -0.3 is 14.4 Å². The molecule has 0 aliphatic rings. The van der Waals surface area contributed by atoms with E-state index < -0.39 is 23.4 Å². The van der Waals surface area contributed by atoms with E-state index in [1.807, 2.05) is 65.4 Å².